The van der Waals surface area contributed by atoms with Crippen LogP contribution in [0.25, 0.3) is 0 Å². The second-order valence-electron chi connectivity index (χ2n) is 3.19. The number of hydrogen-bond donors (Lipinski definition) is 1. The highest BCUT2D eigenvalue weighted by Crippen LogP contribution is 2.09. The maximum absolute atomic E-state index is 10.6. The molecule has 0 bridgehead atoms. The highest BCUT2D eigenvalue weighted by atomic mass is 16.4. The van der Waals surface area contributed by atoms with Crippen molar-refractivity contribution in [3.8, 4) is 0 Å². The van der Waals surface area contributed by atoms with Crippen LogP contribution in [0.3, 0.4) is 0 Å². The Hall–Kier alpha value is -1.39. The number of nitrogens with zero attached hydrogens (tertiary/aromatic N) is 3. The molecule has 1 heterocycles. The van der Waals surface area contributed by atoms with Gasteiger partial charge in [0.05, 0.1) is 17.3 Å². The van der Waals surface area contributed by atoms with Crippen LogP contribution < -0.4 is 0 Å². The Bertz CT molecular complexity index is 319. The molecule has 13 heavy (non-hydrogen) atoms. The molecule has 1 atom stereocenters. The fourth-order valence-electron chi connectivity index (χ4n) is 1.01. The molecule has 1 aromatic rings. The van der Waals surface area contributed by atoms with Crippen molar-refractivity contribution in [2.45, 2.75) is 20.3 Å². The summed E-state index contributed by atoms with van der Waals surface area (Å²) in [4.78, 5) is 10.6. The van der Waals surface area contributed by atoms with Crippen molar-refractivity contribution >= 4 is 5.97 Å². The molecule has 5 heteroatoms. The molecule has 0 spiro atoms. The summed E-state index contributed by atoms with van der Waals surface area (Å²) in [6.07, 6.45) is 0.439. The maximum atomic E-state index is 10.6. The van der Waals surface area contributed by atoms with Crippen molar-refractivity contribution < 1.29 is 9.90 Å². The lowest BCUT2D eigenvalue weighted by Gasteiger charge is -2.03. The van der Waals surface area contributed by atoms with E-state index in [-0.39, 0.29) is 0 Å². The van der Waals surface area contributed by atoms with Gasteiger partial charge < -0.3 is 5.11 Å². The summed E-state index contributed by atoms with van der Waals surface area (Å²) >= 11 is 0. The van der Waals surface area contributed by atoms with Crippen LogP contribution in [0.2, 0.25) is 0 Å². The highest BCUT2D eigenvalue weighted by molar-refractivity contribution is 5.69. The zero-order valence-corrected chi connectivity index (χ0v) is 7.98. The Morgan fingerprint density at radius 3 is 2.69 bits per heavy atom. The van der Waals surface area contributed by atoms with Gasteiger partial charge in [0, 0.05) is 13.5 Å². The first kappa shape index (κ1) is 9.70. The molecule has 1 rings (SSSR count). The fourth-order valence-corrected chi connectivity index (χ4v) is 1.01. The maximum Gasteiger partial charge on any atom is 0.306 e. The molecule has 0 fully saturated rings. The van der Waals surface area contributed by atoms with Crippen LogP contribution >= 0.6 is 0 Å². The van der Waals surface area contributed by atoms with Crippen LogP contribution in [0.15, 0.2) is 0 Å². The Morgan fingerprint density at radius 1 is 1.69 bits per heavy atom. The highest BCUT2D eigenvalue weighted by Gasteiger charge is 2.15. The summed E-state index contributed by atoms with van der Waals surface area (Å²) in [6, 6.07) is 0. The summed E-state index contributed by atoms with van der Waals surface area (Å²) in [5.41, 5.74) is 1.69. The van der Waals surface area contributed by atoms with E-state index in [1.807, 2.05) is 6.92 Å². The smallest absolute Gasteiger partial charge is 0.306 e. The number of aromatic nitrogens is 3. The molecule has 0 aliphatic rings. The largest absolute Gasteiger partial charge is 0.481 e. The molecule has 0 amide bonds. The van der Waals surface area contributed by atoms with Crippen molar-refractivity contribution in [3.05, 3.63) is 11.4 Å². The lowest BCUT2D eigenvalue weighted by atomic mass is 10.1. The van der Waals surface area contributed by atoms with E-state index in [1.54, 1.807) is 18.7 Å². The molecule has 72 valence electrons. The van der Waals surface area contributed by atoms with E-state index < -0.39 is 11.9 Å². The molecule has 0 radical (unpaired) electrons. The summed E-state index contributed by atoms with van der Waals surface area (Å²) in [6.45, 7) is 3.54. The summed E-state index contributed by atoms with van der Waals surface area (Å²) < 4.78 is 1.64. The Kier molecular flexibility index (Phi) is 2.65. The molecule has 1 aromatic heterocycles. The molecule has 0 saturated heterocycles. The molecular formula is C8H13N3O2. The van der Waals surface area contributed by atoms with Gasteiger partial charge in [-0.25, -0.2) is 0 Å². The number of aliphatic carboxylic acids is 1. The van der Waals surface area contributed by atoms with Gasteiger partial charge in [0.2, 0.25) is 0 Å². The molecule has 0 aliphatic heterocycles. The fraction of sp³-hybridized carbons (Fsp3) is 0.625. The minimum Gasteiger partial charge on any atom is -0.481 e. The van der Waals surface area contributed by atoms with Crippen LogP contribution in [0.4, 0.5) is 0 Å². The molecule has 1 N–H and O–H groups in total. The zero-order valence-electron chi connectivity index (χ0n) is 7.98. The van der Waals surface area contributed by atoms with Gasteiger partial charge >= 0.3 is 5.97 Å². The lowest BCUT2D eigenvalue weighted by molar-refractivity contribution is -0.141. The van der Waals surface area contributed by atoms with Gasteiger partial charge in [0.25, 0.3) is 0 Å². The third-order valence-electron chi connectivity index (χ3n) is 2.12. The van der Waals surface area contributed by atoms with Crippen LogP contribution in [0.5, 0.6) is 0 Å². The van der Waals surface area contributed by atoms with Crippen molar-refractivity contribution in [3.63, 3.8) is 0 Å². The second kappa shape index (κ2) is 3.55. The Balaban J connectivity index is 2.74. The van der Waals surface area contributed by atoms with E-state index in [0.29, 0.717) is 6.42 Å². The summed E-state index contributed by atoms with van der Waals surface area (Å²) in [5, 5.41) is 16.4. The van der Waals surface area contributed by atoms with Crippen molar-refractivity contribution in [1.82, 2.24) is 15.0 Å². The van der Waals surface area contributed by atoms with E-state index in [0.717, 1.165) is 11.4 Å². The van der Waals surface area contributed by atoms with Gasteiger partial charge in [-0.2, -0.15) is 0 Å². The van der Waals surface area contributed by atoms with Crippen LogP contribution in [0.1, 0.15) is 18.3 Å². The number of carboxylic acid groups (broad SMARTS) is 1. The van der Waals surface area contributed by atoms with E-state index in [2.05, 4.69) is 10.3 Å². The molecule has 5 nitrogen and oxygen atoms in total. The van der Waals surface area contributed by atoms with Crippen molar-refractivity contribution in [2.24, 2.45) is 13.0 Å². The first-order chi connectivity index (χ1) is 6.02. The first-order valence-corrected chi connectivity index (χ1v) is 4.10. The predicted molar refractivity (Wildman–Crippen MR) is 46.2 cm³/mol. The Morgan fingerprint density at radius 2 is 2.31 bits per heavy atom. The third kappa shape index (κ3) is 2.05. The van der Waals surface area contributed by atoms with Crippen molar-refractivity contribution in [2.75, 3.05) is 0 Å². The number of hydrogen-bond acceptors (Lipinski definition) is 3. The number of aryl methyl sites for hydroxylation is 1. The normalized spacial score (nSPS) is 12.8. The molecule has 0 aromatic carbocycles. The number of rotatable bonds is 3. The van der Waals surface area contributed by atoms with Gasteiger partial charge in [-0.15, -0.1) is 5.10 Å². The average molecular weight is 183 g/mol. The monoisotopic (exact) mass is 183 g/mol. The van der Waals surface area contributed by atoms with Gasteiger partial charge in [-0.1, -0.05) is 12.1 Å². The zero-order chi connectivity index (χ0) is 10.0. The predicted octanol–water partition coefficient (Wildman–Crippen LogP) is 0.387. The summed E-state index contributed by atoms with van der Waals surface area (Å²) in [5.74, 6) is -1.21. The minimum absolute atomic E-state index is 0.407. The Labute approximate surface area is 76.4 Å². The van der Waals surface area contributed by atoms with Crippen LogP contribution in [-0.4, -0.2) is 26.1 Å². The van der Waals surface area contributed by atoms with Crippen LogP contribution in [-0.2, 0) is 18.3 Å². The van der Waals surface area contributed by atoms with Gasteiger partial charge in [0.15, 0.2) is 0 Å². The van der Waals surface area contributed by atoms with E-state index in [9.17, 15) is 4.79 Å². The average Bonchev–Trinajstić information content (AvgIpc) is 2.36. The first-order valence-electron chi connectivity index (χ1n) is 4.10. The summed E-state index contributed by atoms with van der Waals surface area (Å²) in [7, 11) is 1.79. The number of carboxylic acids is 1. The van der Waals surface area contributed by atoms with Crippen LogP contribution in [0, 0.1) is 12.8 Å². The van der Waals surface area contributed by atoms with Crippen molar-refractivity contribution in [1.29, 1.82) is 0 Å². The standard InChI is InChI=1S/C8H13N3O2/c1-5(8(12)13)4-7-6(2)11(3)10-9-7/h5H,4H2,1-3H3,(H,12,13). The lowest BCUT2D eigenvalue weighted by Crippen LogP contribution is -2.13. The number of carbonyl (C=O) groups is 1. The van der Waals surface area contributed by atoms with Gasteiger partial charge in [0.1, 0.15) is 0 Å². The van der Waals surface area contributed by atoms with E-state index in [1.165, 1.54) is 0 Å². The van der Waals surface area contributed by atoms with E-state index >= 15 is 0 Å². The SMILES string of the molecule is Cc1c(CC(C)C(=O)O)nnn1C. The quantitative estimate of drug-likeness (QED) is 0.735. The minimum atomic E-state index is -0.801. The van der Waals surface area contributed by atoms with Gasteiger partial charge in [-0.05, 0) is 6.92 Å². The molecule has 0 aliphatic carbocycles. The molecule has 1 unspecified atom stereocenters. The topological polar surface area (TPSA) is 68.0 Å². The van der Waals surface area contributed by atoms with E-state index in [4.69, 9.17) is 5.11 Å². The second-order valence-corrected chi connectivity index (χ2v) is 3.19. The third-order valence-corrected chi connectivity index (χ3v) is 2.12. The molecule has 0 saturated carbocycles. The van der Waals surface area contributed by atoms with Gasteiger partial charge in [-0.3, -0.25) is 9.48 Å². The molecular weight excluding hydrogens is 170 g/mol.